The molecule has 4 heteroatoms. The molecule has 4 rings (SSSR count). The van der Waals surface area contributed by atoms with Crippen molar-refractivity contribution in [3.63, 3.8) is 0 Å². The summed E-state index contributed by atoms with van der Waals surface area (Å²) in [5.74, 6) is 0.993. The van der Waals surface area contributed by atoms with Gasteiger partial charge in [0.25, 0.3) is 0 Å². The van der Waals surface area contributed by atoms with Crippen molar-refractivity contribution in [3.8, 4) is 5.88 Å². The topological polar surface area (TPSA) is 45.6 Å². The zero-order valence-electron chi connectivity index (χ0n) is 16.2. The summed E-state index contributed by atoms with van der Waals surface area (Å²) in [4.78, 5) is 6.98. The molecular formula is C23H30N2O2. The van der Waals surface area contributed by atoms with Crippen molar-refractivity contribution in [2.45, 2.75) is 57.2 Å². The predicted octanol–water partition coefficient (Wildman–Crippen LogP) is 4.13. The number of aliphatic hydroxyl groups is 1. The van der Waals surface area contributed by atoms with Crippen molar-refractivity contribution in [2.75, 3.05) is 13.2 Å². The quantitative estimate of drug-likeness (QED) is 0.864. The van der Waals surface area contributed by atoms with Crippen LogP contribution in [0.4, 0.5) is 0 Å². The van der Waals surface area contributed by atoms with Gasteiger partial charge < -0.3 is 9.84 Å². The number of fused-ring (bicyclic) bond motifs is 1. The first-order valence-corrected chi connectivity index (χ1v) is 10.3. The van der Waals surface area contributed by atoms with Crippen LogP contribution < -0.4 is 4.74 Å². The van der Waals surface area contributed by atoms with E-state index in [0.29, 0.717) is 24.4 Å². The molecule has 2 aliphatic rings. The normalized spacial score (nSPS) is 28.5. The van der Waals surface area contributed by atoms with Crippen LogP contribution in [0.25, 0.3) is 0 Å². The summed E-state index contributed by atoms with van der Waals surface area (Å²) < 4.78 is 5.46. The minimum Gasteiger partial charge on any atom is -0.478 e. The molecule has 0 spiro atoms. The highest BCUT2D eigenvalue weighted by Gasteiger charge is 2.48. The number of aromatic nitrogens is 1. The third kappa shape index (κ3) is 3.74. The van der Waals surface area contributed by atoms with Gasteiger partial charge in [-0.2, -0.15) is 0 Å². The van der Waals surface area contributed by atoms with Crippen LogP contribution in [0.15, 0.2) is 48.7 Å². The summed E-state index contributed by atoms with van der Waals surface area (Å²) in [6.45, 7) is 4.42. The van der Waals surface area contributed by atoms with Crippen LogP contribution in [0.5, 0.6) is 5.88 Å². The second-order valence-corrected chi connectivity index (χ2v) is 7.91. The Balaban J connectivity index is 1.53. The lowest BCUT2D eigenvalue weighted by Gasteiger charge is -2.52. The Hall–Kier alpha value is -1.91. The summed E-state index contributed by atoms with van der Waals surface area (Å²) >= 11 is 0. The van der Waals surface area contributed by atoms with E-state index in [1.807, 2.05) is 37.4 Å². The zero-order chi connectivity index (χ0) is 18.7. The van der Waals surface area contributed by atoms with E-state index in [4.69, 9.17) is 4.74 Å². The number of piperidine rings is 1. The summed E-state index contributed by atoms with van der Waals surface area (Å²) in [6, 6.07) is 14.8. The molecule has 1 aromatic heterocycles. The van der Waals surface area contributed by atoms with Gasteiger partial charge in [0.1, 0.15) is 0 Å². The molecule has 1 aliphatic carbocycles. The third-order valence-corrected chi connectivity index (χ3v) is 6.34. The van der Waals surface area contributed by atoms with Crippen molar-refractivity contribution < 1.29 is 9.84 Å². The van der Waals surface area contributed by atoms with Gasteiger partial charge in [0.2, 0.25) is 5.88 Å². The Bertz CT molecular complexity index is 734. The molecule has 1 saturated heterocycles. The molecule has 0 unspecified atom stereocenters. The van der Waals surface area contributed by atoms with Gasteiger partial charge >= 0.3 is 0 Å². The number of rotatable bonds is 5. The van der Waals surface area contributed by atoms with Crippen molar-refractivity contribution in [2.24, 2.45) is 5.92 Å². The fourth-order valence-corrected chi connectivity index (χ4v) is 5.02. The first-order chi connectivity index (χ1) is 13.2. The van der Waals surface area contributed by atoms with E-state index in [1.54, 1.807) is 0 Å². The molecule has 2 fully saturated rings. The Morgan fingerprint density at radius 1 is 1.15 bits per heavy atom. The monoisotopic (exact) mass is 366 g/mol. The highest BCUT2D eigenvalue weighted by molar-refractivity contribution is 5.26. The Morgan fingerprint density at radius 3 is 2.70 bits per heavy atom. The van der Waals surface area contributed by atoms with Crippen LogP contribution in [0, 0.1) is 5.92 Å². The first kappa shape index (κ1) is 18.5. The maximum atomic E-state index is 11.7. The molecule has 3 atom stereocenters. The average molecular weight is 367 g/mol. The van der Waals surface area contributed by atoms with Gasteiger partial charge in [-0.05, 0) is 37.3 Å². The molecule has 2 aromatic rings. The number of likely N-dealkylation sites (tertiary alicyclic amines) is 1. The number of benzene rings is 1. The fraction of sp³-hybridized carbons (Fsp3) is 0.522. The SMILES string of the molecule is CCOc1ccc(CN2CC[C@](O)(c3ccccc3)[C@@H]3CCCC[C@H]32)cn1. The molecule has 1 saturated carbocycles. The second-order valence-electron chi connectivity index (χ2n) is 7.91. The van der Waals surface area contributed by atoms with Crippen LogP contribution in [-0.4, -0.2) is 34.2 Å². The van der Waals surface area contributed by atoms with E-state index < -0.39 is 5.60 Å². The molecule has 1 N–H and O–H groups in total. The molecule has 27 heavy (non-hydrogen) atoms. The lowest BCUT2D eigenvalue weighted by atomic mass is 9.66. The molecule has 0 amide bonds. The van der Waals surface area contributed by atoms with Crippen LogP contribution in [0.1, 0.15) is 50.2 Å². The molecule has 4 nitrogen and oxygen atoms in total. The lowest BCUT2D eigenvalue weighted by Crippen LogP contribution is -2.57. The van der Waals surface area contributed by atoms with Gasteiger partial charge in [-0.3, -0.25) is 4.90 Å². The fourth-order valence-electron chi connectivity index (χ4n) is 5.02. The second kappa shape index (κ2) is 7.99. The highest BCUT2D eigenvalue weighted by atomic mass is 16.5. The van der Waals surface area contributed by atoms with E-state index in [-0.39, 0.29) is 0 Å². The largest absolute Gasteiger partial charge is 0.478 e. The molecule has 2 heterocycles. The summed E-state index contributed by atoms with van der Waals surface area (Å²) in [6.07, 6.45) is 7.47. The number of hydrogen-bond acceptors (Lipinski definition) is 4. The maximum Gasteiger partial charge on any atom is 0.213 e. The van der Waals surface area contributed by atoms with Gasteiger partial charge in [0.05, 0.1) is 12.2 Å². The van der Waals surface area contributed by atoms with Crippen molar-refractivity contribution in [1.82, 2.24) is 9.88 Å². The van der Waals surface area contributed by atoms with E-state index >= 15 is 0 Å². The Morgan fingerprint density at radius 2 is 1.96 bits per heavy atom. The van der Waals surface area contributed by atoms with E-state index in [0.717, 1.165) is 31.5 Å². The van der Waals surface area contributed by atoms with E-state index in [2.05, 4.69) is 28.1 Å². The van der Waals surface area contributed by atoms with Crippen LogP contribution >= 0.6 is 0 Å². The Kier molecular flexibility index (Phi) is 5.46. The molecule has 0 bridgehead atoms. The maximum absolute atomic E-state index is 11.7. The van der Waals surface area contributed by atoms with Gasteiger partial charge in [-0.15, -0.1) is 0 Å². The molecular weight excluding hydrogens is 336 g/mol. The summed E-state index contributed by atoms with van der Waals surface area (Å²) in [5.41, 5.74) is 1.61. The molecule has 0 radical (unpaired) electrons. The van der Waals surface area contributed by atoms with Crippen LogP contribution in [0.3, 0.4) is 0 Å². The van der Waals surface area contributed by atoms with Crippen molar-refractivity contribution >= 4 is 0 Å². The van der Waals surface area contributed by atoms with E-state index in [1.165, 1.54) is 24.8 Å². The van der Waals surface area contributed by atoms with Gasteiger partial charge in [0, 0.05) is 37.3 Å². The minimum absolute atomic E-state index is 0.304. The molecule has 144 valence electrons. The summed E-state index contributed by atoms with van der Waals surface area (Å²) in [7, 11) is 0. The molecule has 1 aromatic carbocycles. The Labute approximate surface area is 162 Å². The van der Waals surface area contributed by atoms with E-state index in [9.17, 15) is 5.11 Å². The highest BCUT2D eigenvalue weighted by Crippen LogP contribution is 2.47. The first-order valence-electron chi connectivity index (χ1n) is 10.3. The molecule has 1 aliphatic heterocycles. The third-order valence-electron chi connectivity index (χ3n) is 6.34. The van der Waals surface area contributed by atoms with Crippen molar-refractivity contribution in [1.29, 1.82) is 0 Å². The lowest BCUT2D eigenvalue weighted by molar-refractivity contribution is -0.123. The van der Waals surface area contributed by atoms with Gasteiger partial charge in [-0.25, -0.2) is 4.98 Å². The predicted molar refractivity (Wildman–Crippen MR) is 107 cm³/mol. The number of hydrogen-bond donors (Lipinski definition) is 1. The van der Waals surface area contributed by atoms with Crippen LogP contribution in [-0.2, 0) is 12.1 Å². The number of ether oxygens (including phenoxy) is 1. The average Bonchev–Trinajstić information content (AvgIpc) is 2.73. The minimum atomic E-state index is -0.695. The smallest absolute Gasteiger partial charge is 0.213 e. The number of pyridine rings is 1. The zero-order valence-corrected chi connectivity index (χ0v) is 16.2. The van der Waals surface area contributed by atoms with Crippen molar-refractivity contribution in [3.05, 3.63) is 59.8 Å². The summed E-state index contributed by atoms with van der Waals surface area (Å²) in [5, 5.41) is 11.7. The standard InChI is InChI=1S/C23H30N2O2/c1-2-27-22-13-12-18(16-24-22)17-25-15-14-23(26,19-8-4-3-5-9-19)20-10-6-7-11-21(20)25/h3-5,8-9,12-13,16,20-21,26H,2,6-7,10-11,14-15,17H2,1H3/t20-,21-,23+/m1/s1. The van der Waals surface area contributed by atoms with Gasteiger partial charge in [-0.1, -0.05) is 49.2 Å². The van der Waals surface area contributed by atoms with Crippen LogP contribution in [0.2, 0.25) is 0 Å². The van der Waals surface area contributed by atoms with Gasteiger partial charge in [0.15, 0.2) is 0 Å². The number of nitrogens with zero attached hydrogens (tertiary/aromatic N) is 2.